The van der Waals surface area contributed by atoms with Crippen LogP contribution in [0.2, 0.25) is 0 Å². The lowest BCUT2D eigenvalue weighted by molar-refractivity contribution is 0.633. The second kappa shape index (κ2) is 4.31. The zero-order chi connectivity index (χ0) is 10.8. The molecule has 15 heavy (non-hydrogen) atoms. The highest BCUT2D eigenvalue weighted by molar-refractivity contribution is 9.10. The fraction of sp³-hybridized carbons (Fsp3) is 0.231. The zero-order valence-corrected chi connectivity index (χ0v) is 10.1. The first-order chi connectivity index (χ1) is 7.22. The molecule has 0 unspecified atom stereocenters. The van der Waals surface area contributed by atoms with E-state index in [4.69, 9.17) is 0 Å². The highest BCUT2D eigenvalue weighted by atomic mass is 79.9. The van der Waals surface area contributed by atoms with Gasteiger partial charge in [-0.15, -0.1) is 0 Å². The standard InChI is InChI=1S/C13H12BrF/c1-2-3-9-4-6-11-10(8-9)5-7-12(14)13(11)15/h4-8H,2-3H2,1H3. The Morgan fingerprint density at radius 1 is 1.20 bits per heavy atom. The van der Waals surface area contributed by atoms with Crippen LogP contribution in [0.1, 0.15) is 18.9 Å². The lowest BCUT2D eigenvalue weighted by Gasteiger charge is -2.04. The summed E-state index contributed by atoms with van der Waals surface area (Å²) in [6, 6.07) is 9.63. The molecule has 2 rings (SSSR count). The minimum atomic E-state index is -0.171. The van der Waals surface area contributed by atoms with Gasteiger partial charge < -0.3 is 0 Å². The molecule has 0 N–H and O–H groups in total. The van der Waals surface area contributed by atoms with Crippen molar-refractivity contribution in [2.75, 3.05) is 0 Å². The van der Waals surface area contributed by atoms with Crippen molar-refractivity contribution in [1.29, 1.82) is 0 Å². The van der Waals surface area contributed by atoms with Crippen LogP contribution < -0.4 is 0 Å². The smallest absolute Gasteiger partial charge is 0.145 e. The van der Waals surface area contributed by atoms with Gasteiger partial charge in [-0.1, -0.05) is 37.6 Å². The van der Waals surface area contributed by atoms with Gasteiger partial charge in [-0.05, 0) is 39.4 Å². The van der Waals surface area contributed by atoms with E-state index in [1.165, 1.54) is 5.56 Å². The van der Waals surface area contributed by atoms with Crippen LogP contribution >= 0.6 is 15.9 Å². The topological polar surface area (TPSA) is 0 Å². The summed E-state index contributed by atoms with van der Waals surface area (Å²) in [6.07, 6.45) is 2.16. The summed E-state index contributed by atoms with van der Waals surface area (Å²) >= 11 is 3.19. The van der Waals surface area contributed by atoms with Gasteiger partial charge in [0.1, 0.15) is 5.82 Å². The summed E-state index contributed by atoms with van der Waals surface area (Å²) in [5, 5.41) is 1.66. The molecule has 0 heterocycles. The molecule has 0 atom stereocenters. The van der Waals surface area contributed by atoms with E-state index in [1.54, 1.807) is 6.07 Å². The van der Waals surface area contributed by atoms with Crippen molar-refractivity contribution in [2.24, 2.45) is 0 Å². The van der Waals surface area contributed by atoms with Crippen LogP contribution in [0.25, 0.3) is 10.8 Å². The van der Waals surface area contributed by atoms with E-state index in [1.807, 2.05) is 18.2 Å². The Bertz CT molecular complexity index is 491. The van der Waals surface area contributed by atoms with E-state index >= 15 is 0 Å². The van der Waals surface area contributed by atoms with Crippen LogP contribution in [-0.2, 0) is 6.42 Å². The number of rotatable bonds is 2. The van der Waals surface area contributed by atoms with Gasteiger partial charge in [-0.2, -0.15) is 0 Å². The van der Waals surface area contributed by atoms with Crippen molar-refractivity contribution < 1.29 is 4.39 Å². The Labute approximate surface area is 97.2 Å². The number of benzene rings is 2. The van der Waals surface area contributed by atoms with Crippen LogP contribution in [0.5, 0.6) is 0 Å². The van der Waals surface area contributed by atoms with Gasteiger partial charge in [0.25, 0.3) is 0 Å². The molecule has 0 fully saturated rings. The summed E-state index contributed by atoms with van der Waals surface area (Å²) in [6.45, 7) is 2.15. The number of aryl methyl sites for hydroxylation is 1. The fourth-order valence-electron chi connectivity index (χ4n) is 1.76. The first kappa shape index (κ1) is 10.6. The van der Waals surface area contributed by atoms with Crippen LogP contribution in [0.4, 0.5) is 4.39 Å². The Kier molecular flexibility index (Phi) is 3.06. The maximum absolute atomic E-state index is 13.7. The quantitative estimate of drug-likeness (QED) is 0.740. The predicted molar refractivity (Wildman–Crippen MR) is 65.6 cm³/mol. The van der Waals surface area contributed by atoms with Gasteiger partial charge in [0.15, 0.2) is 0 Å². The molecule has 0 nitrogen and oxygen atoms in total. The third-order valence-corrected chi connectivity index (χ3v) is 3.12. The third-order valence-electron chi connectivity index (χ3n) is 2.51. The number of halogens is 2. The molecule has 2 aromatic rings. The SMILES string of the molecule is CCCc1ccc2c(F)c(Br)ccc2c1. The van der Waals surface area contributed by atoms with E-state index in [0.717, 1.165) is 18.2 Å². The molecular formula is C13H12BrF. The van der Waals surface area contributed by atoms with Crippen LogP contribution in [0.15, 0.2) is 34.8 Å². The third kappa shape index (κ3) is 2.05. The monoisotopic (exact) mass is 266 g/mol. The molecule has 78 valence electrons. The van der Waals surface area contributed by atoms with E-state index in [0.29, 0.717) is 9.86 Å². The van der Waals surface area contributed by atoms with Gasteiger partial charge in [-0.25, -0.2) is 4.39 Å². The largest absolute Gasteiger partial charge is 0.205 e. The normalized spacial score (nSPS) is 10.9. The first-order valence-electron chi connectivity index (χ1n) is 5.09. The molecular weight excluding hydrogens is 255 g/mol. The Morgan fingerprint density at radius 3 is 2.73 bits per heavy atom. The molecule has 0 spiro atoms. The molecule has 0 aliphatic heterocycles. The Hall–Kier alpha value is -0.890. The van der Waals surface area contributed by atoms with Gasteiger partial charge in [0.05, 0.1) is 4.47 Å². The van der Waals surface area contributed by atoms with Crippen LogP contribution in [0.3, 0.4) is 0 Å². The van der Waals surface area contributed by atoms with Crippen molar-refractivity contribution in [2.45, 2.75) is 19.8 Å². The summed E-state index contributed by atoms with van der Waals surface area (Å²) in [7, 11) is 0. The van der Waals surface area contributed by atoms with E-state index in [-0.39, 0.29) is 5.82 Å². The minimum Gasteiger partial charge on any atom is -0.205 e. The van der Waals surface area contributed by atoms with Gasteiger partial charge in [0, 0.05) is 5.39 Å². The number of hydrogen-bond donors (Lipinski definition) is 0. The predicted octanol–water partition coefficient (Wildman–Crippen LogP) is 4.69. The fourth-order valence-corrected chi connectivity index (χ4v) is 2.10. The highest BCUT2D eigenvalue weighted by Gasteiger charge is 2.05. The summed E-state index contributed by atoms with van der Waals surface area (Å²) in [5.41, 5.74) is 1.27. The lowest BCUT2D eigenvalue weighted by Crippen LogP contribution is -1.86. The molecule has 2 heteroatoms. The maximum atomic E-state index is 13.7. The molecule has 0 saturated heterocycles. The van der Waals surface area contributed by atoms with E-state index in [9.17, 15) is 4.39 Å². The second-order valence-corrected chi connectivity index (χ2v) is 4.52. The summed E-state index contributed by atoms with van der Waals surface area (Å²) in [4.78, 5) is 0. The average molecular weight is 267 g/mol. The molecule has 0 bridgehead atoms. The van der Waals surface area contributed by atoms with Gasteiger partial charge in [-0.3, -0.25) is 0 Å². The molecule has 0 amide bonds. The van der Waals surface area contributed by atoms with Crippen molar-refractivity contribution in [3.63, 3.8) is 0 Å². The van der Waals surface area contributed by atoms with Crippen molar-refractivity contribution >= 4 is 26.7 Å². The summed E-state index contributed by atoms with van der Waals surface area (Å²) in [5.74, 6) is -0.171. The molecule has 0 aliphatic rings. The average Bonchev–Trinajstić information content (AvgIpc) is 2.24. The number of hydrogen-bond acceptors (Lipinski definition) is 0. The van der Waals surface area contributed by atoms with Gasteiger partial charge >= 0.3 is 0 Å². The molecule has 2 aromatic carbocycles. The van der Waals surface area contributed by atoms with Crippen LogP contribution in [-0.4, -0.2) is 0 Å². The molecule has 0 radical (unpaired) electrons. The molecule has 0 aliphatic carbocycles. The van der Waals surface area contributed by atoms with Gasteiger partial charge in [0.2, 0.25) is 0 Å². The highest BCUT2D eigenvalue weighted by Crippen LogP contribution is 2.25. The van der Waals surface area contributed by atoms with E-state index in [2.05, 4.69) is 28.9 Å². The Balaban J connectivity index is 2.59. The van der Waals surface area contributed by atoms with Crippen molar-refractivity contribution in [1.82, 2.24) is 0 Å². The Morgan fingerprint density at radius 2 is 2.00 bits per heavy atom. The van der Waals surface area contributed by atoms with Crippen molar-refractivity contribution in [3.05, 3.63) is 46.2 Å². The van der Waals surface area contributed by atoms with E-state index < -0.39 is 0 Å². The second-order valence-electron chi connectivity index (χ2n) is 3.67. The first-order valence-corrected chi connectivity index (χ1v) is 5.88. The summed E-state index contributed by atoms with van der Waals surface area (Å²) < 4.78 is 14.2. The number of fused-ring (bicyclic) bond motifs is 1. The lowest BCUT2D eigenvalue weighted by atomic mass is 10.0. The zero-order valence-electron chi connectivity index (χ0n) is 8.56. The van der Waals surface area contributed by atoms with Crippen molar-refractivity contribution in [3.8, 4) is 0 Å². The van der Waals surface area contributed by atoms with Crippen LogP contribution in [0, 0.1) is 5.82 Å². The maximum Gasteiger partial charge on any atom is 0.145 e. The molecule has 0 saturated carbocycles. The molecule has 0 aromatic heterocycles. The minimum absolute atomic E-state index is 0.171.